The highest BCUT2D eigenvalue weighted by Crippen LogP contribution is 2.45. The summed E-state index contributed by atoms with van der Waals surface area (Å²) in [5.74, 6) is -2.88. The number of nitrogens with zero attached hydrogens (tertiary/aromatic N) is 3. The van der Waals surface area contributed by atoms with Crippen molar-refractivity contribution in [1.82, 2.24) is 9.97 Å². The Bertz CT molecular complexity index is 1160. The SMILES string of the molecule is C[C@H]1[C@H](O)CN1c1nc(-c2ccc(C3(N)CCS(=O)(=O)C3)cc2)c2c(n1)C(F)(F)CC2. The first-order valence-corrected chi connectivity index (χ1v) is 12.2. The van der Waals surface area contributed by atoms with Gasteiger partial charge in [0.2, 0.25) is 5.95 Å². The highest BCUT2D eigenvalue weighted by molar-refractivity contribution is 7.91. The van der Waals surface area contributed by atoms with E-state index in [9.17, 15) is 22.3 Å². The molecule has 3 heterocycles. The molecule has 166 valence electrons. The van der Waals surface area contributed by atoms with Crippen molar-refractivity contribution in [3.63, 3.8) is 0 Å². The number of alkyl halides is 2. The third-order valence-electron chi connectivity index (χ3n) is 6.79. The summed E-state index contributed by atoms with van der Waals surface area (Å²) in [6.07, 6.45) is -0.323. The summed E-state index contributed by atoms with van der Waals surface area (Å²) in [5, 5.41) is 9.83. The minimum Gasteiger partial charge on any atom is -0.389 e. The summed E-state index contributed by atoms with van der Waals surface area (Å²) in [6.45, 7) is 2.10. The zero-order valence-electron chi connectivity index (χ0n) is 17.1. The fourth-order valence-corrected chi connectivity index (χ4v) is 6.61. The molecule has 0 spiro atoms. The van der Waals surface area contributed by atoms with E-state index in [1.54, 1.807) is 36.1 Å². The maximum atomic E-state index is 14.5. The van der Waals surface area contributed by atoms with E-state index in [0.717, 1.165) is 0 Å². The van der Waals surface area contributed by atoms with Crippen LogP contribution >= 0.6 is 0 Å². The molecule has 0 radical (unpaired) electrons. The minimum atomic E-state index is -3.16. The molecule has 1 aromatic heterocycles. The van der Waals surface area contributed by atoms with E-state index in [-0.39, 0.29) is 42.0 Å². The summed E-state index contributed by atoms with van der Waals surface area (Å²) in [6, 6.07) is 6.78. The first-order valence-electron chi connectivity index (χ1n) is 10.3. The topological polar surface area (TPSA) is 109 Å². The van der Waals surface area contributed by atoms with Gasteiger partial charge in [-0.2, -0.15) is 8.78 Å². The first kappa shape index (κ1) is 20.7. The van der Waals surface area contributed by atoms with Crippen molar-refractivity contribution in [3.05, 3.63) is 41.1 Å². The molecule has 3 N–H and O–H groups in total. The number of benzene rings is 1. The summed E-state index contributed by atoms with van der Waals surface area (Å²) < 4.78 is 52.8. The van der Waals surface area contributed by atoms with E-state index in [1.165, 1.54) is 0 Å². The number of fused-ring (bicyclic) bond motifs is 1. The Morgan fingerprint density at radius 2 is 1.90 bits per heavy atom. The van der Waals surface area contributed by atoms with Crippen LogP contribution in [0.15, 0.2) is 24.3 Å². The van der Waals surface area contributed by atoms with Gasteiger partial charge in [0.1, 0.15) is 5.69 Å². The van der Waals surface area contributed by atoms with Gasteiger partial charge in [-0.15, -0.1) is 0 Å². The van der Waals surface area contributed by atoms with Crippen LogP contribution in [0.4, 0.5) is 14.7 Å². The maximum absolute atomic E-state index is 14.5. The van der Waals surface area contributed by atoms with Gasteiger partial charge in [0.05, 0.1) is 34.9 Å². The Kier molecular flexibility index (Phi) is 4.45. The Labute approximate surface area is 179 Å². The van der Waals surface area contributed by atoms with Crippen molar-refractivity contribution in [2.75, 3.05) is 23.0 Å². The van der Waals surface area contributed by atoms with Crippen LogP contribution in [0.3, 0.4) is 0 Å². The third-order valence-corrected chi connectivity index (χ3v) is 8.57. The Hall–Kier alpha value is -2.17. The number of β-amino-alcohol motifs (C(OH)–C–C–N with tert-alkyl or cyclic N) is 1. The van der Waals surface area contributed by atoms with E-state index in [2.05, 4.69) is 9.97 Å². The number of sulfone groups is 1. The van der Waals surface area contributed by atoms with E-state index >= 15 is 0 Å². The van der Waals surface area contributed by atoms with Gasteiger partial charge in [0.15, 0.2) is 9.84 Å². The second-order valence-corrected chi connectivity index (χ2v) is 11.1. The summed E-state index contributed by atoms with van der Waals surface area (Å²) in [7, 11) is -3.16. The number of aliphatic hydroxyl groups excluding tert-OH is 1. The van der Waals surface area contributed by atoms with Crippen molar-refractivity contribution in [2.24, 2.45) is 5.73 Å². The molecule has 7 nitrogen and oxygen atoms in total. The molecule has 31 heavy (non-hydrogen) atoms. The maximum Gasteiger partial charge on any atom is 0.290 e. The molecule has 1 aromatic carbocycles. The Morgan fingerprint density at radius 3 is 2.48 bits per heavy atom. The molecule has 1 aliphatic carbocycles. The van der Waals surface area contributed by atoms with Gasteiger partial charge < -0.3 is 15.7 Å². The van der Waals surface area contributed by atoms with Crippen molar-refractivity contribution in [3.8, 4) is 11.3 Å². The van der Waals surface area contributed by atoms with Crippen LogP contribution in [-0.2, 0) is 27.7 Å². The van der Waals surface area contributed by atoms with Crippen molar-refractivity contribution < 1.29 is 22.3 Å². The van der Waals surface area contributed by atoms with Gasteiger partial charge in [-0.3, -0.25) is 0 Å². The molecule has 0 saturated carbocycles. The van der Waals surface area contributed by atoms with Gasteiger partial charge in [0.25, 0.3) is 5.92 Å². The number of aromatic nitrogens is 2. The molecular formula is C21H24F2N4O3S. The number of nitrogens with two attached hydrogens (primary N) is 1. The fourth-order valence-electron chi connectivity index (χ4n) is 4.70. The van der Waals surface area contributed by atoms with Crippen LogP contribution in [0.5, 0.6) is 0 Å². The molecule has 0 bridgehead atoms. The average molecular weight is 451 g/mol. The number of hydrogen-bond donors (Lipinski definition) is 2. The molecular weight excluding hydrogens is 426 g/mol. The van der Waals surface area contributed by atoms with Crippen LogP contribution in [-0.4, -0.2) is 53.7 Å². The highest BCUT2D eigenvalue weighted by atomic mass is 32.2. The number of halogens is 2. The smallest absolute Gasteiger partial charge is 0.290 e. The Morgan fingerprint density at radius 1 is 1.19 bits per heavy atom. The normalized spacial score (nSPS) is 30.8. The quantitative estimate of drug-likeness (QED) is 0.733. The number of rotatable bonds is 3. The molecule has 2 saturated heterocycles. The average Bonchev–Trinajstić information content (AvgIpc) is 3.20. The molecule has 1 unspecified atom stereocenters. The van der Waals surface area contributed by atoms with E-state index in [1.807, 2.05) is 0 Å². The lowest BCUT2D eigenvalue weighted by atomic mass is 9.89. The summed E-state index contributed by atoms with van der Waals surface area (Å²) >= 11 is 0. The minimum absolute atomic E-state index is 0.0585. The van der Waals surface area contributed by atoms with Gasteiger partial charge >= 0.3 is 0 Å². The van der Waals surface area contributed by atoms with Gasteiger partial charge in [-0.05, 0) is 25.3 Å². The highest BCUT2D eigenvalue weighted by Gasteiger charge is 2.45. The van der Waals surface area contributed by atoms with Crippen molar-refractivity contribution >= 4 is 15.8 Å². The second-order valence-electron chi connectivity index (χ2n) is 8.94. The van der Waals surface area contributed by atoms with Crippen LogP contribution in [0.2, 0.25) is 0 Å². The molecule has 0 amide bonds. The largest absolute Gasteiger partial charge is 0.389 e. The molecule has 2 fully saturated rings. The van der Waals surface area contributed by atoms with Gasteiger partial charge in [-0.25, -0.2) is 18.4 Å². The molecule has 2 aliphatic heterocycles. The molecule has 3 aliphatic rings. The molecule has 5 rings (SSSR count). The molecule has 2 aromatic rings. The zero-order valence-corrected chi connectivity index (χ0v) is 17.9. The lowest BCUT2D eigenvalue weighted by molar-refractivity contribution is -0.00603. The van der Waals surface area contributed by atoms with Gasteiger partial charge in [-0.1, -0.05) is 24.3 Å². The standard InChI is InChI=1S/C21H24F2N4O3S/c1-12-16(28)10-27(12)19-25-17(15-6-7-21(22,23)18(15)26-19)13-2-4-14(5-3-13)20(24)8-9-31(29,30)11-20/h2-5,12,16,28H,6-11,24H2,1H3/t12-,16+,20?/m0/s1. The van der Waals surface area contributed by atoms with Crippen molar-refractivity contribution in [2.45, 2.75) is 49.8 Å². The summed E-state index contributed by atoms with van der Waals surface area (Å²) in [5.41, 5.74) is 7.40. The van der Waals surface area contributed by atoms with E-state index in [0.29, 0.717) is 35.3 Å². The monoisotopic (exact) mass is 450 g/mol. The predicted octanol–water partition coefficient (Wildman–Crippen LogP) is 1.72. The van der Waals surface area contributed by atoms with Crippen LogP contribution < -0.4 is 10.6 Å². The lowest BCUT2D eigenvalue weighted by Gasteiger charge is -2.43. The first-order chi connectivity index (χ1) is 14.5. The van der Waals surface area contributed by atoms with Gasteiger partial charge in [0, 0.05) is 24.1 Å². The molecule has 10 heteroatoms. The molecule has 3 atom stereocenters. The zero-order chi connectivity index (χ0) is 22.2. The second kappa shape index (κ2) is 6.66. The predicted molar refractivity (Wildman–Crippen MR) is 112 cm³/mol. The summed E-state index contributed by atoms with van der Waals surface area (Å²) in [4.78, 5) is 10.5. The third kappa shape index (κ3) is 3.32. The fraction of sp³-hybridized carbons (Fsp3) is 0.524. The van der Waals surface area contributed by atoms with E-state index < -0.39 is 27.4 Å². The van der Waals surface area contributed by atoms with Crippen LogP contribution in [0, 0.1) is 0 Å². The lowest BCUT2D eigenvalue weighted by Crippen LogP contribution is -2.59. The van der Waals surface area contributed by atoms with Crippen LogP contribution in [0.25, 0.3) is 11.3 Å². The van der Waals surface area contributed by atoms with Crippen LogP contribution in [0.1, 0.15) is 36.6 Å². The Balaban J connectivity index is 1.55. The van der Waals surface area contributed by atoms with Crippen molar-refractivity contribution in [1.29, 1.82) is 0 Å². The number of aliphatic hydroxyl groups is 1. The number of hydrogen-bond acceptors (Lipinski definition) is 7. The number of anilines is 1. The van der Waals surface area contributed by atoms with E-state index in [4.69, 9.17) is 5.73 Å².